The molecule has 0 aliphatic carbocycles. The Morgan fingerprint density at radius 3 is 1.02 bits per heavy atom. The Labute approximate surface area is 242 Å². The summed E-state index contributed by atoms with van der Waals surface area (Å²) in [6.07, 6.45) is 5.98. The number of nitrogens with zero attached hydrogens (tertiary/aromatic N) is 8. The van der Waals surface area contributed by atoms with E-state index < -0.39 is 32.3 Å². The average molecular weight is 629 g/mol. The van der Waals surface area contributed by atoms with Crippen LogP contribution in [0.1, 0.15) is 66.8 Å². The molecular formula is C20H30N10NiO10. The summed E-state index contributed by atoms with van der Waals surface area (Å²) in [5.74, 6) is 0.132. The number of nitrogens with one attached hydrogen (secondary N) is 2. The van der Waals surface area contributed by atoms with Crippen LogP contribution in [-0.4, -0.2) is 82.9 Å². The van der Waals surface area contributed by atoms with Gasteiger partial charge in [-0.3, -0.25) is 0 Å². The average Bonchev–Trinajstić information content (AvgIpc) is 3.56. The second-order valence-electron chi connectivity index (χ2n) is 10.4. The Balaban J connectivity index is 0.000000609. The van der Waals surface area contributed by atoms with E-state index in [0.717, 1.165) is 19.0 Å². The fraction of sp³-hybridized carbons (Fsp3) is 0.600. The van der Waals surface area contributed by atoms with Gasteiger partial charge < -0.3 is 51.0 Å². The van der Waals surface area contributed by atoms with Crippen molar-refractivity contribution >= 4 is 11.7 Å². The van der Waals surface area contributed by atoms with E-state index in [1.807, 2.05) is 0 Å². The van der Waals surface area contributed by atoms with Crippen molar-refractivity contribution in [1.29, 1.82) is 0 Å². The van der Waals surface area contributed by atoms with Gasteiger partial charge in [-0.25, -0.2) is 9.97 Å². The molecular weight excluding hydrogens is 599 g/mol. The van der Waals surface area contributed by atoms with Crippen LogP contribution < -0.4 is 0 Å². The van der Waals surface area contributed by atoms with Crippen LogP contribution >= 0.6 is 0 Å². The first kappa shape index (κ1) is 36.5. The van der Waals surface area contributed by atoms with Gasteiger partial charge in [0.05, 0.1) is 22.8 Å². The number of nitroso groups, excluding NO2 is 2. The van der Waals surface area contributed by atoms with Crippen molar-refractivity contribution < 1.29 is 45.7 Å². The van der Waals surface area contributed by atoms with Crippen LogP contribution in [0, 0.1) is 50.9 Å². The Bertz CT molecular complexity index is 1220. The van der Waals surface area contributed by atoms with Crippen molar-refractivity contribution in [3.8, 4) is 0 Å². The molecule has 0 saturated heterocycles. The number of imidazole rings is 2. The Hall–Kier alpha value is -4.55. The maximum Gasteiger partial charge on any atom is 0.525 e. The van der Waals surface area contributed by atoms with Gasteiger partial charge in [-0.1, -0.05) is 0 Å². The van der Waals surface area contributed by atoms with Gasteiger partial charge in [0.25, 0.3) is 11.1 Å². The minimum absolute atomic E-state index is 0. The summed E-state index contributed by atoms with van der Waals surface area (Å²) in [7, 11) is 0. The van der Waals surface area contributed by atoms with Crippen molar-refractivity contribution in [3.05, 3.63) is 87.3 Å². The van der Waals surface area contributed by atoms with Gasteiger partial charge in [0.1, 0.15) is 9.52 Å². The quantitative estimate of drug-likeness (QED) is 0.157. The van der Waals surface area contributed by atoms with Crippen LogP contribution in [0.4, 0.5) is 0 Å². The van der Waals surface area contributed by atoms with E-state index in [1.165, 1.54) is 12.7 Å². The molecule has 41 heavy (non-hydrogen) atoms. The molecule has 0 radical (unpaired) electrons. The zero-order valence-corrected chi connectivity index (χ0v) is 24.3. The first-order valence-corrected chi connectivity index (χ1v) is 11.3. The maximum atomic E-state index is 12.1. The molecule has 20 nitrogen and oxygen atoms in total. The summed E-state index contributed by atoms with van der Waals surface area (Å²) in [4.78, 5) is 54.2. The second kappa shape index (κ2) is 12.7. The number of rotatable bonds is 2. The second-order valence-corrected chi connectivity index (χ2v) is 10.4. The number of H-pyrrole nitrogens is 2. The number of amidine groups is 2. The van der Waals surface area contributed by atoms with Gasteiger partial charge >= 0.3 is 11.7 Å². The third-order valence-electron chi connectivity index (χ3n) is 7.25. The van der Waals surface area contributed by atoms with Gasteiger partial charge in [-0.2, -0.15) is 0 Å². The topological polar surface area (TPSA) is 282 Å². The van der Waals surface area contributed by atoms with Crippen molar-refractivity contribution in [1.82, 2.24) is 19.9 Å². The van der Waals surface area contributed by atoms with Crippen molar-refractivity contribution in [2.24, 2.45) is 0 Å². The molecule has 0 saturated carbocycles. The first-order chi connectivity index (χ1) is 18.1. The van der Waals surface area contributed by atoms with Crippen LogP contribution in [0.2, 0.25) is 0 Å². The fourth-order valence-electron chi connectivity index (χ4n) is 3.40. The molecule has 230 valence electrons. The molecule has 2 N–H and O–H groups in total. The van der Waals surface area contributed by atoms with Crippen LogP contribution in [0.15, 0.2) is 25.0 Å². The summed E-state index contributed by atoms with van der Waals surface area (Å²) in [6.45, 7) is 14.0. The van der Waals surface area contributed by atoms with E-state index in [0.29, 0.717) is 11.4 Å². The molecule has 4 heterocycles. The van der Waals surface area contributed by atoms with E-state index in [9.17, 15) is 20.2 Å². The van der Waals surface area contributed by atoms with Crippen molar-refractivity contribution in [2.45, 2.75) is 77.5 Å². The van der Waals surface area contributed by atoms with E-state index in [1.54, 1.807) is 67.8 Å². The number of aromatic amines is 2. The molecule has 0 fully saturated rings. The molecule has 0 unspecified atom stereocenters. The number of hydroxylamine groups is 2. The van der Waals surface area contributed by atoms with Crippen LogP contribution in [-0.2, 0) is 16.5 Å². The summed E-state index contributed by atoms with van der Waals surface area (Å²) < 4.78 is 2.98. The van der Waals surface area contributed by atoms with Crippen molar-refractivity contribution in [3.63, 3.8) is 0 Å². The van der Waals surface area contributed by atoms with E-state index in [2.05, 4.69) is 19.9 Å². The Morgan fingerprint density at radius 1 is 0.634 bits per heavy atom. The van der Waals surface area contributed by atoms with Crippen LogP contribution in [0.3, 0.4) is 0 Å². The third kappa shape index (κ3) is 6.97. The monoisotopic (exact) mass is 628 g/mol. The van der Waals surface area contributed by atoms with Gasteiger partial charge in [0.2, 0.25) is 22.5 Å². The minimum atomic E-state index is -1.75. The van der Waals surface area contributed by atoms with Crippen molar-refractivity contribution in [2.75, 3.05) is 0 Å². The molecule has 0 spiro atoms. The summed E-state index contributed by atoms with van der Waals surface area (Å²) in [5.41, 5.74) is -2.40. The molecule has 2 aromatic heterocycles. The molecule has 0 aromatic carbocycles. The predicted octanol–water partition coefficient (Wildman–Crippen LogP) is 1.55. The Kier molecular flexibility index (Phi) is 11.3. The smallest absolute Gasteiger partial charge is 0.525 e. The molecule has 0 bridgehead atoms. The zero-order valence-electron chi connectivity index (χ0n) is 23.3. The summed E-state index contributed by atoms with van der Waals surface area (Å²) in [5, 5.41) is 53.8. The van der Waals surface area contributed by atoms with Gasteiger partial charge in [0, 0.05) is 94.1 Å². The molecule has 0 amide bonds. The third-order valence-corrected chi connectivity index (χ3v) is 7.25. The molecule has 2 aromatic rings. The molecule has 2 aliphatic rings. The van der Waals surface area contributed by atoms with Crippen LogP contribution in [0.5, 0.6) is 0 Å². The van der Waals surface area contributed by atoms with Crippen LogP contribution in [0.25, 0.3) is 0 Å². The zero-order chi connectivity index (χ0) is 31.4. The molecule has 4 rings (SSSR count). The first-order valence-electron chi connectivity index (χ1n) is 11.3. The number of hydrogen-bond donors (Lipinski definition) is 2. The standard InChI is InChI=1S/2C10H15N4O2.2NO3.Ni/c2*1-9(2)10(3,4)14(16)8(13(9)15)7-5-11-6-12-7;2*2-1(3)4;/h2*5-6H,1-4H3,(H,11,12);;;/q2*+1;2*-1;. The molecule has 2 aliphatic heterocycles. The van der Waals surface area contributed by atoms with E-state index in [-0.39, 0.29) is 28.2 Å². The van der Waals surface area contributed by atoms with E-state index in [4.69, 9.17) is 30.6 Å². The predicted molar refractivity (Wildman–Crippen MR) is 137 cm³/mol. The summed E-state index contributed by atoms with van der Waals surface area (Å²) in [6, 6.07) is 0. The number of hydrogen-bond acceptors (Lipinski definition) is 12. The molecule has 0 atom stereocenters. The molecule has 21 heteroatoms. The van der Waals surface area contributed by atoms with E-state index >= 15 is 0 Å². The van der Waals surface area contributed by atoms with Gasteiger partial charge in [-0.05, 0) is 0 Å². The SMILES string of the molecule is CC1(C)[N+](=O)C(c2c[nH]cn2)=[N+]([O-])C1(C)C.CC1(C)[N+](=O)C(c2c[nH]cn2)=[N+]([O-])C1(C)C.O=[N+]([O-])[O-].O=[N+]([O-])[O-].[Ni]. The minimum Gasteiger partial charge on any atom is -0.618 e. The fourth-order valence-corrected chi connectivity index (χ4v) is 3.40. The Morgan fingerprint density at radius 2 is 0.878 bits per heavy atom. The van der Waals surface area contributed by atoms with Gasteiger partial charge in [0.15, 0.2) is 0 Å². The maximum absolute atomic E-state index is 12.1. The normalized spacial score (nSPS) is 19.0. The largest absolute Gasteiger partial charge is 0.618 e. The summed E-state index contributed by atoms with van der Waals surface area (Å²) >= 11 is 0. The van der Waals surface area contributed by atoms with Gasteiger partial charge in [-0.15, -0.1) is 9.48 Å². The number of aromatic nitrogens is 4.